The summed E-state index contributed by atoms with van der Waals surface area (Å²) >= 11 is 0. The summed E-state index contributed by atoms with van der Waals surface area (Å²) in [5.41, 5.74) is 4.16. The number of carbonyl (C=O) groups excluding carboxylic acids is 1. The maximum atomic E-state index is 11.4. The van der Waals surface area contributed by atoms with Crippen LogP contribution in [0, 0.1) is 0 Å². The highest BCUT2D eigenvalue weighted by molar-refractivity contribution is 5.94. The van der Waals surface area contributed by atoms with E-state index in [1.807, 2.05) is 30.3 Å². The van der Waals surface area contributed by atoms with E-state index in [-0.39, 0.29) is 5.78 Å². The molecule has 0 amide bonds. The highest BCUT2D eigenvalue weighted by atomic mass is 16.1. The van der Waals surface area contributed by atoms with Gasteiger partial charge in [0.2, 0.25) is 0 Å². The van der Waals surface area contributed by atoms with Crippen LogP contribution in [0.3, 0.4) is 0 Å². The Morgan fingerprint density at radius 1 is 1.08 bits per heavy atom. The first-order chi connectivity index (χ1) is 12.7. The highest BCUT2D eigenvalue weighted by Crippen LogP contribution is 2.32. The van der Waals surface area contributed by atoms with Gasteiger partial charge in [-0.2, -0.15) is 0 Å². The monoisotopic (exact) mass is 344 g/mol. The minimum Gasteiger partial charge on any atom is -0.340 e. The van der Waals surface area contributed by atoms with Gasteiger partial charge >= 0.3 is 0 Å². The van der Waals surface area contributed by atoms with Gasteiger partial charge in [-0.05, 0) is 55.7 Å². The van der Waals surface area contributed by atoms with Crippen LogP contribution in [0.4, 0.5) is 23.0 Å². The second-order valence-corrected chi connectivity index (χ2v) is 6.40. The lowest BCUT2D eigenvalue weighted by molar-refractivity contribution is 0.101. The normalized spacial score (nSPS) is 13.2. The van der Waals surface area contributed by atoms with Crippen molar-refractivity contribution >= 4 is 28.8 Å². The van der Waals surface area contributed by atoms with E-state index in [0.717, 1.165) is 36.7 Å². The second-order valence-electron chi connectivity index (χ2n) is 6.40. The van der Waals surface area contributed by atoms with Crippen LogP contribution in [0.5, 0.6) is 0 Å². The molecule has 0 fully saturated rings. The number of para-hydroxylation sites is 1. The van der Waals surface area contributed by atoms with Crippen LogP contribution in [0.1, 0.15) is 29.3 Å². The third-order valence-electron chi connectivity index (χ3n) is 4.60. The van der Waals surface area contributed by atoms with E-state index < -0.39 is 0 Å². The third kappa shape index (κ3) is 3.28. The van der Waals surface area contributed by atoms with Crippen molar-refractivity contribution in [3.63, 3.8) is 0 Å². The molecule has 0 atom stereocenters. The molecular formula is C21H20N4O. The van der Waals surface area contributed by atoms with E-state index in [9.17, 15) is 4.79 Å². The number of rotatable bonds is 4. The predicted molar refractivity (Wildman–Crippen MR) is 104 cm³/mol. The lowest BCUT2D eigenvalue weighted by Crippen LogP contribution is -2.25. The maximum absolute atomic E-state index is 11.4. The molecule has 5 nitrogen and oxygen atoms in total. The number of benzene rings is 2. The van der Waals surface area contributed by atoms with Gasteiger partial charge in [0.25, 0.3) is 0 Å². The minimum atomic E-state index is 0.0598. The number of nitrogens with one attached hydrogen (secondary N) is 1. The van der Waals surface area contributed by atoms with E-state index in [0.29, 0.717) is 5.56 Å². The lowest BCUT2D eigenvalue weighted by Gasteiger charge is -2.30. The number of anilines is 4. The van der Waals surface area contributed by atoms with Crippen LogP contribution in [0.25, 0.3) is 0 Å². The van der Waals surface area contributed by atoms with Crippen molar-refractivity contribution < 1.29 is 4.79 Å². The molecule has 1 aliphatic heterocycles. The second kappa shape index (κ2) is 6.96. The summed E-state index contributed by atoms with van der Waals surface area (Å²) in [6.07, 6.45) is 3.79. The molecule has 0 unspecified atom stereocenters. The molecule has 5 heteroatoms. The first-order valence-corrected chi connectivity index (χ1v) is 8.76. The van der Waals surface area contributed by atoms with Crippen LogP contribution in [-0.2, 0) is 6.42 Å². The number of ketones is 1. The summed E-state index contributed by atoms with van der Waals surface area (Å²) in [4.78, 5) is 22.4. The zero-order valence-electron chi connectivity index (χ0n) is 14.6. The van der Waals surface area contributed by atoms with Gasteiger partial charge in [-0.1, -0.05) is 18.2 Å². The molecule has 1 N–H and O–H groups in total. The summed E-state index contributed by atoms with van der Waals surface area (Å²) in [5.74, 6) is 1.67. The Morgan fingerprint density at radius 3 is 2.69 bits per heavy atom. The Labute approximate surface area is 152 Å². The highest BCUT2D eigenvalue weighted by Gasteiger charge is 2.19. The number of hydrogen-bond donors (Lipinski definition) is 1. The number of fused-ring (bicyclic) bond motifs is 1. The lowest BCUT2D eigenvalue weighted by atomic mass is 10.0. The summed E-state index contributed by atoms with van der Waals surface area (Å²) in [7, 11) is 0. The molecule has 0 spiro atoms. The molecule has 1 aromatic heterocycles. The Bertz CT molecular complexity index is 937. The number of hydrogen-bond acceptors (Lipinski definition) is 5. The zero-order chi connectivity index (χ0) is 17.9. The van der Waals surface area contributed by atoms with Crippen LogP contribution in [0.15, 0.2) is 60.9 Å². The van der Waals surface area contributed by atoms with Gasteiger partial charge in [0.05, 0.1) is 0 Å². The van der Waals surface area contributed by atoms with Crippen LogP contribution < -0.4 is 10.2 Å². The van der Waals surface area contributed by atoms with Gasteiger partial charge in [-0.3, -0.25) is 4.79 Å². The van der Waals surface area contributed by atoms with Crippen molar-refractivity contribution in [1.29, 1.82) is 0 Å². The van der Waals surface area contributed by atoms with Crippen molar-refractivity contribution in [2.45, 2.75) is 19.8 Å². The topological polar surface area (TPSA) is 58.1 Å². The van der Waals surface area contributed by atoms with Crippen molar-refractivity contribution in [2.24, 2.45) is 0 Å². The molecular weight excluding hydrogens is 324 g/mol. The SMILES string of the molecule is CC(=O)c1ccc(Nc2cc(N3CCCc4ccccc43)ncn2)cc1. The number of aryl methyl sites for hydroxylation is 1. The molecule has 2 heterocycles. The zero-order valence-corrected chi connectivity index (χ0v) is 14.6. The van der Waals surface area contributed by atoms with Gasteiger partial charge < -0.3 is 10.2 Å². The average molecular weight is 344 g/mol. The molecule has 0 aliphatic carbocycles. The molecule has 2 aromatic carbocycles. The Balaban J connectivity index is 1.59. The number of carbonyl (C=O) groups is 1. The summed E-state index contributed by atoms with van der Waals surface area (Å²) < 4.78 is 0. The van der Waals surface area contributed by atoms with Crippen LogP contribution in [0.2, 0.25) is 0 Å². The minimum absolute atomic E-state index is 0.0598. The predicted octanol–water partition coefficient (Wildman–Crippen LogP) is 4.51. The van der Waals surface area contributed by atoms with Crippen LogP contribution in [-0.4, -0.2) is 22.3 Å². The maximum Gasteiger partial charge on any atom is 0.159 e. The molecule has 26 heavy (non-hydrogen) atoms. The molecule has 0 bridgehead atoms. The summed E-state index contributed by atoms with van der Waals surface area (Å²) in [6.45, 7) is 2.51. The smallest absolute Gasteiger partial charge is 0.159 e. The Morgan fingerprint density at radius 2 is 1.88 bits per heavy atom. The van der Waals surface area contributed by atoms with E-state index >= 15 is 0 Å². The first-order valence-electron chi connectivity index (χ1n) is 8.76. The van der Waals surface area contributed by atoms with Gasteiger partial charge in [0.15, 0.2) is 5.78 Å². The first kappa shape index (κ1) is 16.3. The van der Waals surface area contributed by atoms with Gasteiger partial charge in [0, 0.05) is 29.5 Å². The Kier molecular flexibility index (Phi) is 4.35. The molecule has 0 saturated carbocycles. The van der Waals surface area contributed by atoms with Gasteiger partial charge in [0.1, 0.15) is 18.0 Å². The molecule has 130 valence electrons. The fourth-order valence-corrected chi connectivity index (χ4v) is 3.27. The molecule has 3 aromatic rings. The summed E-state index contributed by atoms with van der Waals surface area (Å²) in [5, 5.41) is 3.28. The summed E-state index contributed by atoms with van der Waals surface area (Å²) in [6, 6.07) is 17.8. The molecule has 1 aliphatic rings. The number of Topliss-reactive ketones (excluding diaryl/α,β-unsaturated/α-hetero) is 1. The van der Waals surface area contributed by atoms with E-state index in [4.69, 9.17) is 0 Å². The fraction of sp³-hybridized carbons (Fsp3) is 0.190. The van der Waals surface area contributed by atoms with Crippen molar-refractivity contribution in [1.82, 2.24) is 9.97 Å². The van der Waals surface area contributed by atoms with Gasteiger partial charge in [-0.25, -0.2) is 9.97 Å². The fourth-order valence-electron chi connectivity index (χ4n) is 3.27. The van der Waals surface area contributed by atoms with Crippen molar-refractivity contribution in [3.05, 3.63) is 72.1 Å². The number of aromatic nitrogens is 2. The quantitative estimate of drug-likeness (QED) is 0.706. The van der Waals surface area contributed by atoms with E-state index in [1.165, 1.54) is 11.3 Å². The van der Waals surface area contributed by atoms with Crippen molar-refractivity contribution in [2.75, 3.05) is 16.8 Å². The molecule has 0 radical (unpaired) electrons. The van der Waals surface area contributed by atoms with E-state index in [2.05, 4.69) is 44.5 Å². The van der Waals surface area contributed by atoms with E-state index in [1.54, 1.807) is 13.3 Å². The standard InChI is InChI=1S/C21H20N4O/c1-15(26)16-8-10-18(11-9-16)24-20-13-21(23-14-22-20)25-12-4-6-17-5-2-3-7-19(17)25/h2-3,5,7-11,13-14H,4,6,12H2,1H3,(H,22,23,24). The molecule has 4 rings (SSSR count). The average Bonchev–Trinajstić information content (AvgIpc) is 2.68. The largest absolute Gasteiger partial charge is 0.340 e. The Hall–Kier alpha value is -3.21. The van der Waals surface area contributed by atoms with Crippen molar-refractivity contribution in [3.8, 4) is 0 Å². The van der Waals surface area contributed by atoms with Crippen LogP contribution >= 0.6 is 0 Å². The van der Waals surface area contributed by atoms with Gasteiger partial charge in [-0.15, -0.1) is 0 Å². The number of nitrogens with zero attached hydrogens (tertiary/aromatic N) is 3. The third-order valence-corrected chi connectivity index (χ3v) is 4.60. The molecule has 0 saturated heterocycles.